The normalized spacial score (nSPS) is 11.0. The van der Waals surface area contributed by atoms with Crippen LogP contribution in [0.5, 0.6) is 0 Å². The van der Waals surface area contributed by atoms with Crippen LogP contribution >= 0.6 is 24.8 Å². The Labute approximate surface area is 73.0 Å². The number of hydrogen-bond acceptors (Lipinski definition) is 0. The zero-order valence-electron chi connectivity index (χ0n) is 4.16. The number of halogens is 2. The molecule has 0 unspecified atom stereocenters. The Morgan fingerprint density at radius 3 is 2.00 bits per heavy atom. The molecule has 0 saturated carbocycles. The number of rotatable bonds is 0. The summed E-state index contributed by atoms with van der Waals surface area (Å²) in [4.78, 5) is 0. The van der Waals surface area contributed by atoms with Crippen LogP contribution in [-0.4, -0.2) is 0 Å². The maximum Gasteiger partial charge on any atom is 0 e. The molecule has 0 atom stereocenters. The van der Waals surface area contributed by atoms with Crippen molar-refractivity contribution in [2.24, 2.45) is 0 Å². The predicted octanol–water partition coefficient (Wildman–Crippen LogP) is 2.15. The first-order chi connectivity index (χ1) is 2.50. The summed E-state index contributed by atoms with van der Waals surface area (Å²) in [6.45, 7) is 0. The Morgan fingerprint density at radius 1 is 1.25 bits per heavy atom. The fourth-order valence-electron chi connectivity index (χ4n) is 0.340. The first-order valence-electron chi connectivity index (χ1n) is 1.72. The fraction of sp³-hybridized carbons (Fsp3) is 0.200. The molecule has 0 radical (unpaired) electrons. The standard InChI is InChI=1S/C5H5.2ClH.Cr/c1-2-4-5-3-1;;;/h1-3H,4H2;2*1H;/q-1;;;. The van der Waals surface area contributed by atoms with E-state index in [0.29, 0.717) is 0 Å². The first kappa shape index (κ1) is 15.8. The van der Waals surface area contributed by atoms with E-state index in [4.69, 9.17) is 0 Å². The Kier molecular flexibility index (Phi) is 20.9. The third-order valence-corrected chi connectivity index (χ3v) is 0.586. The molecule has 0 saturated heterocycles. The van der Waals surface area contributed by atoms with Crippen LogP contribution in [0.2, 0.25) is 0 Å². The molecule has 0 aromatic rings. The van der Waals surface area contributed by atoms with E-state index >= 15 is 0 Å². The van der Waals surface area contributed by atoms with Crippen LogP contribution in [-0.2, 0) is 17.4 Å². The molecular weight excluding hydrogens is 183 g/mol. The summed E-state index contributed by atoms with van der Waals surface area (Å²) in [7, 11) is 0. The summed E-state index contributed by atoms with van der Waals surface area (Å²) in [6, 6.07) is 0. The van der Waals surface area contributed by atoms with Crippen molar-refractivity contribution in [3.63, 3.8) is 0 Å². The smallest absolute Gasteiger partial charge is 0 e. The summed E-state index contributed by atoms with van der Waals surface area (Å²) < 4.78 is 0. The van der Waals surface area contributed by atoms with Crippen molar-refractivity contribution in [1.29, 1.82) is 0 Å². The van der Waals surface area contributed by atoms with Crippen LogP contribution < -0.4 is 0 Å². The van der Waals surface area contributed by atoms with Crippen molar-refractivity contribution in [3.05, 3.63) is 24.3 Å². The fourth-order valence-corrected chi connectivity index (χ4v) is 0.340. The quantitative estimate of drug-likeness (QED) is 0.513. The third-order valence-electron chi connectivity index (χ3n) is 0.586. The zero-order chi connectivity index (χ0) is 3.54. The molecule has 0 amide bonds. The van der Waals surface area contributed by atoms with E-state index in [-0.39, 0.29) is 42.2 Å². The van der Waals surface area contributed by atoms with E-state index in [1.807, 2.05) is 12.2 Å². The SMILES string of the molecule is Cl.Cl.[C-]1=CC=CC1.[Cr]. The summed E-state index contributed by atoms with van der Waals surface area (Å²) in [6.07, 6.45) is 10.0. The molecule has 0 N–H and O–H groups in total. The topological polar surface area (TPSA) is 0 Å². The molecular formula is C5H7Cl2Cr-. The monoisotopic (exact) mass is 189 g/mol. The average molecular weight is 190 g/mol. The van der Waals surface area contributed by atoms with Gasteiger partial charge in [0.25, 0.3) is 0 Å². The predicted molar refractivity (Wildman–Crippen MR) is 36.1 cm³/mol. The molecule has 0 nitrogen and oxygen atoms in total. The summed E-state index contributed by atoms with van der Waals surface area (Å²) in [5, 5.41) is 0. The Bertz CT molecular complexity index is 68.5. The van der Waals surface area contributed by atoms with E-state index in [1.54, 1.807) is 0 Å². The molecule has 0 fully saturated rings. The van der Waals surface area contributed by atoms with Gasteiger partial charge in [-0.05, 0) is 0 Å². The largest absolute Gasteiger partial charge is 0.273 e. The number of hydrogen-bond donors (Lipinski definition) is 0. The Balaban J connectivity index is -0.0000000833. The van der Waals surface area contributed by atoms with Crippen LogP contribution in [0.15, 0.2) is 18.2 Å². The van der Waals surface area contributed by atoms with Crippen molar-refractivity contribution in [2.75, 3.05) is 0 Å². The second kappa shape index (κ2) is 10.6. The van der Waals surface area contributed by atoms with Crippen LogP contribution in [0.1, 0.15) is 6.42 Å². The second-order valence-corrected chi connectivity index (χ2v) is 1.00. The van der Waals surface area contributed by atoms with Gasteiger partial charge in [0.05, 0.1) is 0 Å². The van der Waals surface area contributed by atoms with Crippen molar-refractivity contribution in [3.8, 4) is 0 Å². The van der Waals surface area contributed by atoms with E-state index in [0.717, 1.165) is 6.42 Å². The van der Waals surface area contributed by atoms with Gasteiger partial charge in [0.2, 0.25) is 0 Å². The molecule has 0 heterocycles. The summed E-state index contributed by atoms with van der Waals surface area (Å²) in [5.74, 6) is 0. The van der Waals surface area contributed by atoms with Crippen LogP contribution in [0.4, 0.5) is 0 Å². The van der Waals surface area contributed by atoms with E-state index in [1.165, 1.54) is 0 Å². The minimum absolute atomic E-state index is 0. The molecule has 1 aliphatic rings. The van der Waals surface area contributed by atoms with Gasteiger partial charge in [-0.2, -0.15) is 6.08 Å². The summed E-state index contributed by atoms with van der Waals surface area (Å²) in [5.41, 5.74) is 0. The Hall–Kier alpha value is 0.592. The van der Waals surface area contributed by atoms with Gasteiger partial charge in [-0.15, -0.1) is 31.2 Å². The van der Waals surface area contributed by atoms with Crippen LogP contribution in [0.25, 0.3) is 0 Å². The second-order valence-electron chi connectivity index (χ2n) is 1.00. The number of allylic oxidation sites excluding steroid dienone is 4. The van der Waals surface area contributed by atoms with E-state index < -0.39 is 0 Å². The van der Waals surface area contributed by atoms with Crippen LogP contribution in [0, 0.1) is 6.08 Å². The molecule has 3 heteroatoms. The van der Waals surface area contributed by atoms with Gasteiger partial charge in [0, 0.05) is 17.4 Å². The van der Waals surface area contributed by atoms with Crippen molar-refractivity contribution >= 4 is 24.8 Å². The minimum Gasteiger partial charge on any atom is -0.273 e. The van der Waals surface area contributed by atoms with E-state index in [9.17, 15) is 0 Å². The van der Waals surface area contributed by atoms with Crippen molar-refractivity contribution < 1.29 is 17.4 Å². The maximum atomic E-state index is 2.99. The van der Waals surface area contributed by atoms with Gasteiger partial charge in [-0.3, -0.25) is 6.08 Å². The van der Waals surface area contributed by atoms with Gasteiger partial charge in [0.1, 0.15) is 0 Å². The van der Waals surface area contributed by atoms with Gasteiger partial charge in [0.15, 0.2) is 0 Å². The van der Waals surface area contributed by atoms with Gasteiger partial charge < -0.3 is 0 Å². The maximum absolute atomic E-state index is 2.99. The first-order valence-corrected chi connectivity index (χ1v) is 1.72. The zero-order valence-corrected chi connectivity index (χ0v) is 7.07. The van der Waals surface area contributed by atoms with Crippen molar-refractivity contribution in [1.82, 2.24) is 0 Å². The van der Waals surface area contributed by atoms with Gasteiger partial charge >= 0.3 is 0 Å². The molecule has 1 aliphatic carbocycles. The minimum atomic E-state index is 0. The third kappa shape index (κ3) is 6.59. The molecule has 0 aromatic carbocycles. The van der Waals surface area contributed by atoms with Crippen molar-refractivity contribution in [2.45, 2.75) is 6.42 Å². The molecule has 0 spiro atoms. The van der Waals surface area contributed by atoms with E-state index in [2.05, 4.69) is 12.2 Å². The van der Waals surface area contributed by atoms with Crippen LogP contribution in [0.3, 0.4) is 0 Å². The molecule has 1 rings (SSSR count). The average Bonchev–Trinajstić information content (AvgIpc) is 1.76. The molecule has 0 aliphatic heterocycles. The molecule has 0 bridgehead atoms. The Morgan fingerprint density at radius 2 is 1.88 bits per heavy atom. The molecule has 0 aromatic heterocycles. The van der Waals surface area contributed by atoms with Gasteiger partial charge in [-0.25, -0.2) is 12.2 Å². The molecule has 48 valence electrons. The summed E-state index contributed by atoms with van der Waals surface area (Å²) >= 11 is 0. The molecule has 8 heavy (non-hydrogen) atoms. The van der Waals surface area contributed by atoms with Gasteiger partial charge in [-0.1, -0.05) is 0 Å².